The fourth-order valence-electron chi connectivity index (χ4n) is 5.50. The predicted octanol–water partition coefficient (Wildman–Crippen LogP) is 4.84. The molecule has 0 radical (unpaired) electrons. The molecule has 7 heteroatoms. The van der Waals surface area contributed by atoms with Crippen LogP contribution in [0.5, 0.6) is 0 Å². The SMILES string of the molecule is CC(CC(=O)NC(CC(=O)O)C1CCCCC1)NC(=O)OCC1c2ccccc2-c2ccccc21. The van der Waals surface area contributed by atoms with Crippen molar-refractivity contribution in [3.8, 4) is 11.1 Å². The Morgan fingerprint density at radius 2 is 1.51 bits per heavy atom. The highest BCUT2D eigenvalue weighted by atomic mass is 16.5. The molecule has 2 amide bonds. The number of carboxylic acid groups (broad SMARTS) is 1. The van der Waals surface area contributed by atoms with E-state index in [0.29, 0.717) is 0 Å². The van der Waals surface area contributed by atoms with E-state index in [1.54, 1.807) is 6.92 Å². The molecule has 2 aromatic rings. The van der Waals surface area contributed by atoms with Crippen LogP contribution in [0, 0.1) is 5.92 Å². The predicted molar refractivity (Wildman–Crippen MR) is 133 cm³/mol. The molecule has 4 rings (SSSR count). The summed E-state index contributed by atoms with van der Waals surface area (Å²) in [6.07, 6.45) is 4.58. The van der Waals surface area contributed by atoms with Gasteiger partial charge in [-0.05, 0) is 47.9 Å². The Morgan fingerprint density at radius 3 is 2.11 bits per heavy atom. The minimum Gasteiger partial charge on any atom is -0.481 e. The first-order chi connectivity index (χ1) is 16.9. The number of nitrogens with one attached hydrogen (secondary N) is 2. The van der Waals surface area contributed by atoms with Gasteiger partial charge in [0.15, 0.2) is 0 Å². The Labute approximate surface area is 206 Å². The summed E-state index contributed by atoms with van der Waals surface area (Å²) in [6, 6.07) is 15.5. The Kier molecular flexibility index (Phi) is 8.06. The van der Waals surface area contributed by atoms with Gasteiger partial charge in [0.05, 0.1) is 6.42 Å². The number of aliphatic carboxylic acids is 1. The lowest BCUT2D eigenvalue weighted by Gasteiger charge is -2.30. The van der Waals surface area contributed by atoms with Crippen molar-refractivity contribution >= 4 is 18.0 Å². The summed E-state index contributed by atoms with van der Waals surface area (Å²) < 4.78 is 5.56. The molecule has 1 fully saturated rings. The molecule has 2 aliphatic carbocycles. The van der Waals surface area contributed by atoms with Crippen molar-refractivity contribution < 1.29 is 24.2 Å². The molecular weight excluding hydrogens is 444 g/mol. The van der Waals surface area contributed by atoms with E-state index in [1.807, 2.05) is 24.3 Å². The number of carbonyl (C=O) groups excluding carboxylic acids is 2. The van der Waals surface area contributed by atoms with E-state index in [4.69, 9.17) is 4.74 Å². The molecule has 0 aromatic heterocycles. The van der Waals surface area contributed by atoms with Crippen molar-refractivity contribution in [2.75, 3.05) is 6.61 Å². The van der Waals surface area contributed by atoms with Gasteiger partial charge >= 0.3 is 12.1 Å². The van der Waals surface area contributed by atoms with Crippen molar-refractivity contribution in [1.29, 1.82) is 0 Å². The molecule has 0 heterocycles. The second-order valence-corrected chi connectivity index (χ2v) is 9.75. The lowest BCUT2D eigenvalue weighted by molar-refractivity contribution is -0.138. The fraction of sp³-hybridized carbons (Fsp3) is 0.464. The van der Waals surface area contributed by atoms with Crippen LogP contribution >= 0.6 is 0 Å². The topological polar surface area (TPSA) is 105 Å². The van der Waals surface area contributed by atoms with Gasteiger partial charge in [-0.25, -0.2) is 4.79 Å². The van der Waals surface area contributed by atoms with E-state index in [2.05, 4.69) is 34.9 Å². The number of carboxylic acids is 1. The summed E-state index contributed by atoms with van der Waals surface area (Å²) >= 11 is 0. The smallest absolute Gasteiger partial charge is 0.407 e. The average Bonchev–Trinajstić information content (AvgIpc) is 3.16. The number of benzene rings is 2. The summed E-state index contributed by atoms with van der Waals surface area (Å²) in [5, 5.41) is 14.9. The van der Waals surface area contributed by atoms with Crippen molar-refractivity contribution in [1.82, 2.24) is 10.6 Å². The molecule has 186 valence electrons. The molecule has 0 bridgehead atoms. The molecule has 3 N–H and O–H groups in total. The first-order valence-corrected chi connectivity index (χ1v) is 12.5. The van der Waals surface area contributed by atoms with Gasteiger partial charge in [-0.1, -0.05) is 67.8 Å². The summed E-state index contributed by atoms with van der Waals surface area (Å²) in [6.45, 7) is 1.95. The number of fused-ring (bicyclic) bond motifs is 3. The van der Waals surface area contributed by atoms with Crippen LogP contribution < -0.4 is 10.6 Å². The van der Waals surface area contributed by atoms with Gasteiger partial charge < -0.3 is 20.5 Å². The van der Waals surface area contributed by atoms with Gasteiger partial charge in [-0.2, -0.15) is 0 Å². The molecule has 0 aliphatic heterocycles. The normalized spacial score (nSPS) is 17.1. The number of amides is 2. The van der Waals surface area contributed by atoms with E-state index in [9.17, 15) is 19.5 Å². The zero-order chi connectivity index (χ0) is 24.8. The van der Waals surface area contributed by atoms with Crippen LogP contribution in [0.15, 0.2) is 48.5 Å². The fourth-order valence-corrected chi connectivity index (χ4v) is 5.50. The van der Waals surface area contributed by atoms with Gasteiger partial charge in [0.2, 0.25) is 5.91 Å². The number of alkyl carbamates (subject to hydrolysis) is 1. The standard InChI is InChI=1S/C28H34N2O5/c1-18(15-26(31)30-25(16-27(32)33)19-9-3-2-4-10-19)29-28(34)35-17-24-22-13-7-5-11-20(22)21-12-6-8-14-23(21)24/h5-8,11-14,18-19,24-25H,2-4,9-10,15-17H2,1H3,(H,29,34)(H,30,31)(H,32,33). The number of hydrogen-bond donors (Lipinski definition) is 3. The molecule has 35 heavy (non-hydrogen) atoms. The molecular formula is C28H34N2O5. The quantitative estimate of drug-likeness (QED) is 0.478. The second-order valence-electron chi connectivity index (χ2n) is 9.75. The van der Waals surface area contributed by atoms with Crippen LogP contribution in [-0.4, -0.2) is 41.8 Å². The first kappa shape index (κ1) is 24.8. The third-order valence-electron chi connectivity index (χ3n) is 7.16. The van der Waals surface area contributed by atoms with Crippen molar-refractivity contribution in [2.45, 2.75) is 69.9 Å². The highest BCUT2D eigenvalue weighted by Crippen LogP contribution is 2.44. The first-order valence-electron chi connectivity index (χ1n) is 12.5. The van der Waals surface area contributed by atoms with Gasteiger partial charge in [-0.15, -0.1) is 0 Å². The van der Waals surface area contributed by atoms with E-state index in [0.717, 1.165) is 54.4 Å². The van der Waals surface area contributed by atoms with Crippen LogP contribution in [0.2, 0.25) is 0 Å². The third kappa shape index (κ3) is 6.21. The number of carbonyl (C=O) groups is 3. The molecule has 2 atom stereocenters. The van der Waals surface area contributed by atoms with Crippen LogP contribution in [-0.2, 0) is 14.3 Å². The molecule has 2 aliphatic rings. The van der Waals surface area contributed by atoms with E-state index in [-0.39, 0.29) is 43.2 Å². The van der Waals surface area contributed by atoms with Gasteiger partial charge in [-0.3, -0.25) is 9.59 Å². The second kappa shape index (κ2) is 11.4. The van der Waals surface area contributed by atoms with E-state index >= 15 is 0 Å². The van der Waals surface area contributed by atoms with Crippen LogP contribution in [0.3, 0.4) is 0 Å². The maximum atomic E-state index is 12.6. The molecule has 0 saturated heterocycles. The molecule has 2 unspecified atom stereocenters. The van der Waals surface area contributed by atoms with Crippen molar-refractivity contribution in [3.63, 3.8) is 0 Å². The van der Waals surface area contributed by atoms with Crippen LogP contribution in [0.1, 0.15) is 68.9 Å². The third-order valence-corrected chi connectivity index (χ3v) is 7.16. The summed E-state index contributed by atoms with van der Waals surface area (Å²) in [4.78, 5) is 36.4. The van der Waals surface area contributed by atoms with Crippen molar-refractivity contribution in [3.05, 3.63) is 59.7 Å². The summed E-state index contributed by atoms with van der Waals surface area (Å²) in [5.41, 5.74) is 4.61. The zero-order valence-corrected chi connectivity index (χ0v) is 20.2. The minimum absolute atomic E-state index is 0.0287. The number of rotatable bonds is 9. The minimum atomic E-state index is -0.911. The van der Waals surface area contributed by atoms with Gasteiger partial charge in [0.1, 0.15) is 6.61 Å². The highest BCUT2D eigenvalue weighted by Gasteiger charge is 2.30. The monoisotopic (exact) mass is 478 g/mol. The molecule has 1 saturated carbocycles. The maximum absolute atomic E-state index is 12.6. The van der Waals surface area contributed by atoms with Gasteiger partial charge in [0, 0.05) is 24.4 Å². The van der Waals surface area contributed by atoms with Crippen LogP contribution in [0.4, 0.5) is 4.79 Å². The Morgan fingerprint density at radius 1 is 0.914 bits per heavy atom. The maximum Gasteiger partial charge on any atom is 0.407 e. The largest absolute Gasteiger partial charge is 0.481 e. The van der Waals surface area contributed by atoms with Gasteiger partial charge in [0.25, 0.3) is 0 Å². The highest BCUT2D eigenvalue weighted by molar-refractivity contribution is 5.80. The summed E-state index contributed by atoms with van der Waals surface area (Å²) in [7, 11) is 0. The van der Waals surface area contributed by atoms with Crippen molar-refractivity contribution in [2.24, 2.45) is 5.92 Å². The summed E-state index contributed by atoms with van der Waals surface area (Å²) in [5.74, 6) is -1.01. The van der Waals surface area contributed by atoms with Crippen LogP contribution in [0.25, 0.3) is 11.1 Å². The lowest BCUT2D eigenvalue weighted by atomic mass is 9.82. The molecule has 2 aromatic carbocycles. The molecule has 0 spiro atoms. The number of hydrogen-bond acceptors (Lipinski definition) is 4. The zero-order valence-electron chi connectivity index (χ0n) is 20.2. The Balaban J connectivity index is 1.28. The lowest BCUT2D eigenvalue weighted by Crippen LogP contribution is -2.45. The molecule has 7 nitrogen and oxygen atoms in total. The van der Waals surface area contributed by atoms with E-state index < -0.39 is 18.1 Å². The number of ether oxygens (including phenoxy) is 1. The average molecular weight is 479 g/mol. The Bertz CT molecular complexity index is 1020. The Hall–Kier alpha value is -3.35. The van der Waals surface area contributed by atoms with E-state index in [1.165, 1.54) is 0 Å².